The smallest absolute Gasteiger partial charge is 0.420 e. The van der Waals surface area contributed by atoms with Crippen molar-refractivity contribution < 1.29 is 17.9 Å². The summed E-state index contributed by atoms with van der Waals surface area (Å²) in [5.41, 5.74) is 6.41. The van der Waals surface area contributed by atoms with Crippen LogP contribution in [0, 0.1) is 0 Å². The fraction of sp³-hybridized carbons (Fsp3) is 0.111. The Balaban J connectivity index is 1.84. The molecule has 9 heteroatoms. The van der Waals surface area contributed by atoms with Gasteiger partial charge in [-0.05, 0) is 30.3 Å². The van der Waals surface area contributed by atoms with Gasteiger partial charge in [0.05, 0.1) is 18.2 Å². The van der Waals surface area contributed by atoms with E-state index in [1.54, 1.807) is 35.4 Å². The second-order valence-electron chi connectivity index (χ2n) is 6.03. The average Bonchev–Trinajstić information content (AvgIpc) is 3.24. The van der Waals surface area contributed by atoms with Crippen molar-refractivity contribution in [1.82, 2.24) is 19.2 Å². The summed E-state index contributed by atoms with van der Waals surface area (Å²) in [4.78, 5) is 4.26. The summed E-state index contributed by atoms with van der Waals surface area (Å²) >= 11 is 0. The van der Waals surface area contributed by atoms with Crippen LogP contribution < -0.4 is 10.5 Å². The van der Waals surface area contributed by atoms with Crippen LogP contribution in [0.25, 0.3) is 16.8 Å². The third-order valence-corrected chi connectivity index (χ3v) is 4.00. The van der Waals surface area contributed by atoms with Gasteiger partial charge in [-0.3, -0.25) is 0 Å². The maximum absolute atomic E-state index is 13.4. The van der Waals surface area contributed by atoms with Gasteiger partial charge in [-0.2, -0.15) is 18.3 Å². The first-order valence-corrected chi connectivity index (χ1v) is 7.91. The van der Waals surface area contributed by atoms with E-state index in [4.69, 9.17) is 10.5 Å². The van der Waals surface area contributed by atoms with E-state index in [0.717, 1.165) is 6.07 Å². The van der Waals surface area contributed by atoms with Crippen molar-refractivity contribution in [2.45, 2.75) is 6.18 Å². The number of anilines is 1. The van der Waals surface area contributed by atoms with Crippen LogP contribution in [0.5, 0.6) is 11.5 Å². The Kier molecular flexibility index (Phi) is 3.79. The van der Waals surface area contributed by atoms with Crippen molar-refractivity contribution in [1.29, 1.82) is 0 Å². The van der Waals surface area contributed by atoms with Crippen molar-refractivity contribution in [3.05, 3.63) is 60.8 Å². The lowest BCUT2D eigenvalue weighted by Gasteiger charge is -2.15. The third kappa shape index (κ3) is 3.19. The van der Waals surface area contributed by atoms with Gasteiger partial charge in [0.25, 0.3) is 0 Å². The summed E-state index contributed by atoms with van der Waals surface area (Å²) < 4.78 is 49.1. The molecule has 0 aliphatic rings. The lowest BCUT2D eigenvalue weighted by molar-refractivity contribution is -0.138. The molecule has 0 spiro atoms. The van der Waals surface area contributed by atoms with Gasteiger partial charge in [0.15, 0.2) is 5.75 Å². The van der Waals surface area contributed by atoms with Gasteiger partial charge in [0, 0.05) is 30.7 Å². The second kappa shape index (κ2) is 6.04. The van der Waals surface area contributed by atoms with E-state index < -0.39 is 11.7 Å². The normalized spacial score (nSPS) is 11.9. The first-order valence-electron chi connectivity index (χ1n) is 7.91. The van der Waals surface area contributed by atoms with E-state index in [1.165, 1.54) is 22.8 Å². The molecular formula is C18H14F3N5O. The number of nitrogen functional groups attached to an aromatic ring is 1. The standard InChI is InChI=1S/C18H14F3N5O/c1-25-9-14(23-10-25)11-6-17(15-4-5-24-26(15)8-11)27-16-3-2-12(22)7-13(16)18(19,20)21/h2-10H,22H2,1H3. The van der Waals surface area contributed by atoms with Crippen LogP contribution in [0.15, 0.2) is 55.2 Å². The molecule has 0 amide bonds. The Morgan fingerprint density at radius 3 is 2.59 bits per heavy atom. The van der Waals surface area contributed by atoms with Gasteiger partial charge in [-0.15, -0.1) is 0 Å². The van der Waals surface area contributed by atoms with Crippen molar-refractivity contribution in [3.8, 4) is 22.8 Å². The van der Waals surface area contributed by atoms with Crippen LogP contribution in [-0.4, -0.2) is 19.2 Å². The molecule has 6 nitrogen and oxygen atoms in total. The molecule has 0 fully saturated rings. The predicted molar refractivity (Wildman–Crippen MR) is 93.3 cm³/mol. The molecule has 4 rings (SSSR count). The number of nitrogens with zero attached hydrogens (tertiary/aromatic N) is 4. The van der Waals surface area contributed by atoms with E-state index in [2.05, 4.69) is 10.1 Å². The van der Waals surface area contributed by atoms with Crippen LogP contribution in [0.1, 0.15) is 5.56 Å². The third-order valence-electron chi connectivity index (χ3n) is 4.00. The van der Waals surface area contributed by atoms with Crippen molar-refractivity contribution in [3.63, 3.8) is 0 Å². The van der Waals surface area contributed by atoms with E-state index in [0.29, 0.717) is 16.8 Å². The highest BCUT2D eigenvalue weighted by molar-refractivity contribution is 5.69. The maximum Gasteiger partial charge on any atom is 0.420 e. The van der Waals surface area contributed by atoms with Crippen molar-refractivity contribution >= 4 is 11.2 Å². The number of aryl methyl sites for hydroxylation is 1. The van der Waals surface area contributed by atoms with E-state index in [-0.39, 0.29) is 17.2 Å². The topological polar surface area (TPSA) is 70.4 Å². The number of hydrogen-bond donors (Lipinski definition) is 1. The Morgan fingerprint density at radius 1 is 1.07 bits per heavy atom. The monoisotopic (exact) mass is 373 g/mol. The molecule has 0 radical (unpaired) electrons. The van der Waals surface area contributed by atoms with Crippen LogP contribution in [0.2, 0.25) is 0 Å². The molecule has 3 heterocycles. The summed E-state index contributed by atoms with van der Waals surface area (Å²) in [6.45, 7) is 0. The molecule has 27 heavy (non-hydrogen) atoms. The maximum atomic E-state index is 13.4. The predicted octanol–water partition coefficient (Wildman–Crippen LogP) is 4.13. The summed E-state index contributed by atoms with van der Waals surface area (Å²) in [6, 6.07) is 6.71. The molecule has 0 atom stereocenters. The fourth-order valence-corrected chi connectivity index (χ4v) is 2.76. The average molecular weight is 373 g/mol. The van der Waals surface area contributed by atoms with E-state index >= 15 is 0 Å². The highest BCUT2D eigenvalue weighted by Gasteiger charge is 2.35. The van der Waals surface area contributed by atoms with E-state index in [1.807, 2.05) is 7.05 Å². The van der Waals surface area contributed by atoms with Crippen LogP contribution in [-0.2, 0) is 13.2 Å². The highest BCUT2D eigenvalue weighted by Crippen LogP contribution is 2.40. The number of pyridine rings is 1. The van der Waals surface area contributed by atoms with Gasteiger partial charge >= 0.3 is 6.18 Å². The van der Waals surface area contributed by atoms with Crippen molar-refractivity contribution in [2.75, 3.05) is 5.73 Å². The number of fused-ring (bicyclic) bond motifs is 1. The number of benzene rings is 1. The lowest BCUT2D eigenvalue weighted by Crippen LogP contribution is -2.08. The van der Waals surface area contributed by atoms with Gasteiger partial charge in [0.2, 0.25) is 0 Å². The number of halogens is 3. The summed E-state index contributed by atoms with van der Waals surface area (Å²) in [7, 11) is 1.82. The Hall–Kier alpha value is -3.49. The summed E-state index contributed by atoms with van der Waals surface area (Å²) in [5, 5.41) is 4.16. The number of hydrogen-bond acceptors (Lipinski definition) is 4. The number of aromatic nitrogens is 4. The number of ether oxygens (including phenoxy) is 1. The zero-order chi connectivity index (χ0) is 19.2. The first-order chi connectivity index (χ1) is 12.8. The van der Waals surface area contributed by atoms with Crippen molar-refractivity contribution in [2.24, 2.45) is 7.05 Å². The molecule has 0 aliphatic heterocycles. The molecule has 1 aromatic carbocycles. The molecule has 0 unspecified atom stereocenters. The van der Waals surface area contributed by atoms with Gasteiger partial charge in [-0.1, -0.05) is 0 Å². The van der Waals surface area contributed by atoms with Crippen LogP contribution in [0.4, 0.5) is 18.9 Å². The molecule has 0 saturated heterocycles. The van der Waals surface area contributed by atoms with E-state index in [9.17, 15) is 13.2 Å². The molecule has 0 bridgehead atoms. The van der Waals surface area contributed by atoms with Gasteiger partial charge < -0.3 is 15.0 Å². The Bertz CT molecular complexity index is 1130. The minimum absolute atomic E-state index is 0.00594. The zero-order valence-electron chi connectivity index (χ0n) is 14.1. The minimum Gasteiger partial charge on any atom is -0.454 e. The quantitative estimate of drug-likeness (QED) is 0.548. The highest BCUT2D eigenvalue weighted by atomic mass is 19.4. The molecular weight excluding hydrogens is 359 g/mol. The number of rotatable bonds is 3. The number of nitrogens with two attached hydrogens (primary N) is 1. The number of alkyl halides is 3. The molecule has 0 saturated carbocycles. The second-order valence-corrected chi connectivity index (χ2v) is 6.03. The molecule has 2 N–H and O–H groups in total. The lowest BCUT2D eigenvalue weighted by atomic mass is 10.1. The fourth-order valence-electron chi connectivity index (χ4n) is 2.76. The first kappa shape index (κ1) is 17.0. The van der Waals surface area contributed by atoms with Gasteiger partial charge in [0.1, 0.15) is 16.8 Å². The van der Waals surface area contributed by atoms with Crippen LogP contribution >= 0.6 is 0 Å². The SMILES string of the molecule is Cn1cnc(-c2cc(Oc3ccc(N)cc3C(F)(F)F)c3ccnn3c2)c1. The summed E-state index contributed by atoms with van der Waals surface area (Å²) in [5.74, 6) is -0.108. The largest absolute Gasteiger partial charge is 0.454 e. The Labute approximate surface area is 151 Å². The molecule has 4 aromatic rings. The Morgan fingerprint density at radius 2 is 1.89 bits per heavy atom. The zero-order valence-corrected chi connectivity index (χ0v) is 14.1. The van der Waals surface area contributed by atoms with Gasteiger partial charge in [-0.25, -0.2) is 9.50 Å². The number of imidazole rings is 1. The molecule has 0 aliphatic carbocycles. The summed E-state index contributed by atoms with van der Waals surface area (Å²) in [6.07, 6.45) is 2.10. The molecule has 138 valence electrons. The minimum atomic E-state index is -4.60. The van der Waals surface area contributed by atoms with Crippen LogP contribution in [0.3, 0.4) is 0 Å². The molecule has 3 aromatic heterocycles.